The Morgan fingerprint density at radius 1 is 1.08 bits per heavy atom. The first-order valence-electron chi connectivity index (χ1n) is 8.12. The van der Waals surface area contributed by atoms with Gasteiger partial charge >= 0.3 is 0 Å². The molecule has 120 valence electrons. The molecule has 3 aromatic rings. The number of benzene rings is 3. The highest BCUT2D eigenvalue weighted by molar-refractivity contribution is 6.10. The molecule has 0 saturated heterocycles. The zero-order chi connectivity index (χ0) is 17.3. The van der Waals surface area contributed by atoms with E-state index >= 15 is 0 Å². The van der Waals surface area contributed by atoms with Gasteiger partial charge in [-0.05, 0) is 51.0 Å². The maximum Gasteiger partial charge on any atom is 0.223 e. The number of anilines is 1. The number of carbonyl (C=O) groups is 1. The third-order valence-corrected chi connectivity index (χ3v) is 4.45. The minimum absolute atomic E-state index is 0.0489. The van der Waals surface area contributed by atoms with Gasteiger partial charge < -0.3 is 4.90 Å². The SMILES string of the molecule is C=C/C=c1\c(=C)c2ccccc2c2cc(N(CC)C(C)=O)ccc12. The number of hydrogen-bond donors (Lipinski definition) is 0. The molecule has 0 atom stereocenters. The Kier molecular flexibility index (Phi) is 4.22. The number of rotatable bonds is 3. The Morgan fingerprint density at radius 3 is 2.42 bits per heavy atom. The fraction of sp³-hybridized carbons (Fsp3) is 0.136. The second-order valence-corrected chi connectivity index (χ2v) is 5.83. The fourth-order valence-corrected chi connectivity index (χ4v) is 3.34. The van der Waals surface area contributed by atoms with Crippen LogP contribution in [-0.4, -0.2) is 12.5 Å². The topological polar surface area (TPSA) is 20.3 Å². The van der Waals surface area contributed by atoms with Gasteiger partial charge in [0.25, 0.3) is 0 Å². The smallest absolute Gasteiger partial charge is 0.223 e. The summed E-state index contributed by atoms with van der Waals surface area (Å²) < 4.78 is 0. The van der Waals surface area contributed by atoms with Gasteiger partial charge in [0.2, 0.25) is 5.91 Å². The number of nitrogens with zero attached hydrogens (tertiary/aromatic N) is 1. The zero-order valence-corrected chi connectivity index (χ0v) is 14.2. The van der Waals surface area contributed by atoms with Crippen molar-refractivity contribution in [3.05, 3.63) is 65.6 Å². The molecular formula is C22H21NO. The van der Waals surface area contributed by atoms with Crippen molar-refractivity contribution in [2.75, 3.05) is 11.4 Å². The van der Waals surface area contributed by atoms with Gasteiger partial charge in [0.05, 0.1) is 0 Å². The summed E-state index contributed by atoms with van der Waals surface area (Å²) in [5, 5.41) is 6.62. The third kappa shape index (κ3) is 2.50. The molecule has 0 aromatic heterocycles. The molecule has 0 radical (unpaired) electrons. The maximum absolute atomic E-state index is 11.9. The van der Waals surface area contributed by atoms with Gasteiger partial charge in [0.15, 0.2) is 0 Å². The molecule has 0 spiro atoms. The van der Waals surface area contributed by atoms with Crippen molar-refractivity contribution in [2.45, 2.75) is 13.8 Å². The molecule has 0 aliphatic heterocycles. The Morgan fingerprint density at radius 2 is 1.79 bits per heavy atom. The monoisotopic (exact) mass is 315 g/mol. The van der Waals surface area contributed by atoms with Gasteiger partial charge in [0.1, 0.15) is 0 Å². The predicted octanol–water partition coefficient (Wildman–Crippen LogP) is 3.74. The summed E-state index contributed by atoms with van der Waals surface area (Å²) in [5.41, 5.74) is 0.920. The second kappa shape index (κ2) is 6.32. The standard InChI is InChI=1S/C22H21NO/c1-5-9-18-15(3)19-10-7-8-11-20(19)22-14-17(12-13-21(18)22)23(6-2)16(4)24/h5,7-14H,1,3,6H2,2,4H3/b18-9+. The van der Waals surface area contributed by atoms with E-state index in [1.54, 1.807) is 17.9 Å². The van der Waals surface area contributed by atoms with Gasteiger partial charge in [-0.3, -0.25) is 4.79 Å². The highest BCUT2D eigenvalue weighted by atomic mass is 16.2. The van der Waals surface area contributed by atoms with Gasteiger partial charge in [-0.1, -0.05) is 55.6 Å². The molecule has 0 saturated carbocycles. The Labute approximate surface area is 142 Å². The van der Waals surface area contributed by atoms with E-state index in [1.165, 1.54) is 0 Å². The van der Waals surface area contributed by atoms with Crippen LogP contribution in [-0.2, 0) is 4.79 Å². The molecule has 3 aromatic carbocycles. The van der Waals surface area contributed by atoms with Gasteiger partial charge in [-0.15, -0.1) is 0 Å². The molecule has 0 unspecified atom stereocenters. The molecule has 0 bridgehead atoms. The van der Waals surface area contributed by atoms with Crippen LogP contribution in [0.15, 0.2) is 55.1 Å². The number of hydrogen-bond acceptors (Lipinski definition) is 1. The van der Waals surface area contributed by atoms with E-state index in [0.29, 0.717) is 6.54 Å². The van der Waals surface area contributed by atoms with Crippen LogP contribution in [0.1, 0.15) is 13.8 Å². The molecule has 24 heavy (non-hydrogen) atoms. The molecule has 0 N–H and O–H groups in total. The largest absolute Gasteiger partial charge is 0.313 e. The first-order chi connectivity index (χ1) is 11.6. The van der Waals surface area contributed by atoms with Crippen LogP contribution < -0.4 is 15.3 Å². The lowest BCUT2D eigenvalue weighted by Crippen LogP contribution is -2.28. The van der Waals surface area contributed by atoms with Crippen molar-refractivity contribution in [3.63, 3.8) is 0 Å². The Bertz CT molecular complexity index is 1060. The second-order valence-electron chi connectivity index (χ2n) is 5.83. The molecular weight excluding hydrogens is 294 g/mol. The van der Waals surface area contributed by atoms with Crippen molar-refractivity contribution in [3.8, 4) is 0 Å². The van der Waals surface area contributed by atoms with E-state index in [4.69, 9.17) is 0 Å². The van der Waals surface area contributed by atoms with E-state index in [0.717, 1.165) is 37.7 Å². The molecule has 2 nitrogen and oxygen atoms in total. The lowest BCUT2D eigenvalue weighted by atomic mass is 9.97. The number of carbonyl (C=O) groups excluding carboxylic acids is 1. The third-order valence-electron chi connectivity index (χ3n) is 4.45. The molecule has 0 heterocycles. The first-order valence-corrected chi connectivity index (χ1v) is 8.12. The average Bonchev–Trinajstić information content (AvgIpc) is 2.59. The van der Waals surface area contributed by atoms with Crippen molar-refractivity contribution >= 4 is 45.8 Å². The lowest BCUT2D eigenvalue weighted by Gasteiger charge is -2.20. The van der Waals surface area contributed by atoms with E-state index in [2.05, 4.69) is 37.4 Å². The molecule has 2 heteroatoms. The Hall–Kier alpha value is -2.87. The summed E-state index contributed by atoms with van der Waals surface area (Å²) in [6.07, 6.45) is 3.79. The van der Waals surface area contributed by atoms with Crippen molar-refractivity contribution < 1.29 is 4.79 Å². The summed E-state index contributed by atoms with van der Waals surface area (Å²) in [6.45, 7) is 12.3. The summed E-state index contributed by atoms with van der Waals surface area (Å²) in [6, 6.07) is 14.4. The Balaban J connectivity index is 2.50. The predicted molar refractivity (Wildman–Crippen MR) is 105 cm³/mol. The van der Waals surface area contributed by atoms with Crippen LogP contribution in [0, 0.1) is 0 Å². The van der Waals surface area contributed by atoms with Gasteiger partial charge in [0, 0.05) is 19.2 Å². The number of fused-ring (bicyclic) bond motifs is 3. The molecule has 3 rings (SSSR count). The minimum Gasteiger partial charge on any atom is -0.313 e. The number of amides is 1. The first kappa shape index (κ1) is 16.0. The van der Waals surface area contributed by atoms with Crippen LogP contribution in [0.3, 0.4) is 0 Å². The molecule has 0 aliphatic rings. The lowest BCUT2D eigenvalue weighted by molar-refractivity contribution is -0.116. The van der Waals surface area contributed by atoms with Crippen molar-refractivity contribution in [1.82, 2.24) is 0 Å². The summed E-state index contributed by atoms with van der Waals surface area (Å²) in [5.74, 6) is 0.0489. The maximum atomic E-state index is 11.9. The zero-order valence-electron chi connectivity index (χ0n) is 14.2. The van der Waals surface area contributed by atoms with Crippen LogP contribution in [0.5, 0.6) is 0 Å². The van der Waals surface area contributed by atoms with Crippen molar-refractivity contribution in [1.29, 1.82) is 0 Å². The molecule has 1 amide bonds. The highest BCUT2D eigenvalue weighted by Crippen LogP contribution is 2.26. The van der Waals surface area contributed by atoms with E-state index in [-0.39, 0.29) is 5.91 Å². The van der Waals surface area contributed by atoms with E-state index in [1.807, 2.05) is 31.2 Å². The van der Waals surface area contributed by atoms with Gasteiger partial charge in [-0.2, -0.15) is 0 Å². The average molecular weight is 315 g/mol. The van der Waals surface area contributed by atoms with Crippen LogP contribution in [0.4, 0.5) is 5.69 Å². The minimum atomic E-state index is 0.0489. The van der Waals surface area contributed by atoms with E-state index < -0.39 is 0 Å². The molecule has 0 fully saturated rings. The van der Waals surface area contributed by atoms with Gasteiger partial charge in [-0.25, -0.2) is 0 Å². The van der Waals surface area contributed by atoms with Crippen LogP contribution >= 0.6 is 0 Å². The fourth-order valence-electron chi connectivity index (χ4n) is 3.34. The van der Waals surface area contributed by atoms with Crippen LogP contribution in [0.2, 0.25) is 0 Å². The van der Waals surface area contributed by atoms with Crippen LogP contribution in [0.25, 0.3) is 34.2 Å². The summed E-state index contributed by atoms with van der Waals surface area (Å²) in [7, 11) is 0. The highest BCUT2D eigenvalue weighted by Gasteiger charge is 2.11. The number of allylic oxidation sites excluding steroid dienone is 1. The van der Waals surface area contributed by atoms with E-state index in [9.17, 15) is 4.79 Å². The quantitative estimate of drug-likeness (QED) is 0.674. The summed E-state index contributed by atoms with van der Waals surface area (Å²) >= 11 is 0. The van der Waals surface area contributed by atoms with Crippen molar-refractivity contribution in [2.24, 2.45) is 0 Å². The molecule has 0 aliphatic carbocycles. The summed E-state index contributed by atoms with van der Waals surface area (Å²) in [4.78, 5) is 13.7. The normalized spacial score (nSPS) is 11.8.